The van der Waals surface area contributed by atoms with Crippen molar-refractivity contribution in [3.05, 3.63) is 25.1 Å². The number of benzene rings is 1. The van der Waals surface area contributed by atoms with E-state index in [0.717, 1.165) is 11.5 Å². The number of hydrogen-bond donors (Lipinski definition) is 1. The minimum Gasteiger partial charge on any atom is -0.481 e. The van der Waals surface area contributed by atoms with Crippen LogP contribution in [0.15, 0.2) is 0 Å². The lowest BCUT2D eigenvalue weighted by Gasteiger charge is -2.13. The van der Waals surface area contributed by atoms with E-state index in [1.165, 1.54) is 0 Å². The number of anilines is 1. The average molecular weight is 408 g/mol. The Kier molecular flexibility index (Phi) is 5.70. The van der Waals surface area contributed by atoms with E-state index in [-0.39, 0.29) is 36.0 Å². The number of carbonyl (C=O) groups excluding carboxylic acids is 1. The van der Waals surface area contributed by atoms with Gasteiger partial charge in [-0.2, -0.15) is 0 Å². The van der Waals surface area contributed by atoms with Gasteiger partial charge in [0, 0.05) is 11.5 Å². The maximum absolute atomic E-state index is 11.6. The van der Waals surface area contributed by atoms with E-state index in [9.17, 15) is 4.79 Å². The van der Waals surface area contributed by atoms with Crippen molar-refractivity contribution >= 4 is 80.6 Å². The van der Waals surface area contributed by atoms with Crippen LogP contribution in [0, 0.1) is 0 Å². The molecule has 1 heterocycles. The number of ether oxygens (including phenoxy) is 1. The van der Waals surface area contributed by atoms with Gasteiger partial charge >= 0.3 is 0 Å². The number of nitrogens with zero attached hydrogens (tertiary/aromatic N) is 3. The summed E-state index contributed by atoms with van der Waals surface area (Å²) in [5, 5.41) is 9.40. The van der Waals surface area contributed by atoms with Crippen molar-refractivity contribution in [3.63, 3.8) is 0 Å². The smallest absolute Gasteiger partial charge is 0.264 e. The SMILES string of the molecule is O=C(COc1c(Cl)c(Cl)c(Cl)c(Cl)c1Cl)Nc1nnns1. The van der Waals surface area contributed by atoms with Crippen molar-refractivity contribution in [2.45, 2.75) is 0 Å². The van der Waals surface area contributed by atoms with E-state index in [2.05, 4.69) is 20.1 Å². The van der Waals surface area contributed by atoms with Crippen LogP contribution in [0.5, 0.6) is 5.75 Å². The van der Waals surface area contributed by atoms with Crippen LogP contribution in [0.4, 0.5) is 5.13 Å². The fourth-order valence-electron chi connectivity index (χ4n) is 1.19. The van der Waals surface area contributed by atoms with Gasteiger partial charge in [0.05, 0.1) is 15.1 Å². The molecule has 0 aliphatic rings. The van der Waals surface area contributed by atoms with E-state index in [1.807, 2.05) is 0 Å². The van der Waals surface area contributed by atoms with E-state index < -0.39 is 12.5 Å². The number of nitrogens with one attached hydrogen (secondary N) is 1. The van der Waals surface area contributed by atoms with Crippen LogP contribution < -0.4 is 10.1 Å². The molecular weight excluding hydrogens is 405 g/mol. The third-order valence-corrected chi connectivity index (χ3v) is 4.82. The Balaban J connectivity index is 2.12. The normalized spacial score (nSPS) is 10.5. The first-order valence-corrected chi connectivity index (χ1v) is 7.67. The summed E-state index contributed by atoms with van der Waals surface area (Å²) in [7, 11) is 0. The molecule has 12 heteroatoms. The lowest BCUT2D eigenvalue weighted by molar-refractivity contribution is -0.118. The summed E-state index contributed by atoms with van der Waals surface area (Å²) in [4.78, 5) is 11.6. The molecule has 0 unspecified atom stereocenters. The Labute approximate surface area is 147 Å². The van der Waals surface area contributed by atoms with Crippen molar-refractivity contribution in [3.8, 4) is 5.75 Å². The molecule has 21 heavy (non-hydrogen) atoms. The molecule has 2 rings (SSSR count). The van der Waals surface area contributed by atoms with E-state index in [1.54, 1.807) is 0 Å². The van der Waals surface area contributed by atoms with Gasteiger partial charge in [0.15, 0.2) is 12.4 Å². The molecular formula is C9H3Cl5N4O2S. The minimum atomic E-state index is -0.511. The van der Waals surface area contributed by atoms with Gasteiger partial charge in [-0.1, -0.05) is 67.6 Å². The van der Waals surface area contributed by atoms with Gasteiger partial charge in [-0.05, 0) is 5.21 Å². The number of hydrogen-bond acceptors (Lipinski definition) is 6. The summed E-state index contributed by atoms with van der Waals surface area (Å²) in [5.74, 6) is -0.550. The van der Waals surface area contributed by atoms with E-state index in [0.29, 0.717) is 0 Å². The van der Waals surface area contributed by atoms with Crippen molar-refractivity contribution < 1.29 is 9.53 Å². The first-order valence-electron chi connectivity index (χ1n) is 5.01. The second-order valence-corrected chi connectivity index (χ2v) is 6.03. The van der Waals surface area contributed by atoms with Gasteiger partial charge in [0.25, 0.3) is 5.91 Å². The quantitative estimate of drug-likeness (QED) is 0.606. The van der Waals surface area contributed by atoms with Crippen LogP contribution in [-0.2, 0) is 4.79 Å². The summed E-state index contributed by atoms with van der Waals surface area (Å²) in [6.45, 7) is -0.396. The maximum atomic E-state index is 11.6. The molecule has 0 aliphatic heterocycles. The Morgan fingerprint density at radius 1 is 1.05 bits per heavy atom. The third-order valence-electron chi connectivity index (χ3n) is 2.06. The fourth-order valence-corrected chi connectivity index (χ4v) is 2.80. The molecule has 0 fully saturated rings. The largest absolute Gasteiger partial charge is 0.481 e. The highest BCUT2D eigenvalue weighted by molar-refractivity contribution is 7.09. The first-order chi connectivity index (χ1) is 9.91. The fraction of sp³-hybridized carbons (Fsp3) is 0.111. The standard InChI is InChI=1S/C9H3Cl5N4O2S/c10-3-4(11)6(13)8(7(14)5(3)12)20-1-2(19)15-9-16-17-18-21-9/h1H2,(H,15,16,18,19). The molecule has 1 aromatic carbocycles. The summed E-state index contributed by atoms with van der Waals surface area (Å²) in [6, 6.07) is 0. The second-order valence-electron chi connectivity index (χ2n) is 3.40. The molecule has 0 spiro atoms. The molecule has 0 saturated carbocycles. The highest BCUT2D eigenvalue weighted by Gasteiger charge is 2.21. The minimum absolute atomic E-state index is 0.00469. The van der Waals surface area contributed by atoms with Gasteiger partial charge in [-0.3, -0.25) is 10.1 Å². The van der Waals surface area contributed by atoms with Crippen molar-refractivity contribution in [2.24, 2.45) is 0 Å². The molecule has 2 aromatic rings. The predicted molar refractivity (Wildman–Crippen MR) is 83.3 cm³/mol. The second kappa shape index (κ2) is 7.13. The van der Waals surface area contributed by atoms with E-state index in [4.69, 9.17) is 62.7 Å². The predicted octanol–water partition coefficient (Wildman–Crippen LogP) is 4.22. The Bertz CT molecular complexity index is 652. The van der Waals surface area contributed by atoms with Crippen LogP contribution in [0.25, 0.3) is 0 Å². The van der Waals surface area contributed by atoms with Gasteiger partial charge < -0.3 is 4.74 Å². The summed E-state index contributed by atoms with van der Waals surface area (Å²) in [6.07, 6.45) is 0. The van der Waals surface area contributed by atoms with Gasteiger partial charge in [0.2, 0.25) is 5.13 Å². The number of halogens is 5. The molecule has 0 atom stereocenters. The molecule has 1 amide bonds. The Morgan fingerprint density at radius 2 is 1.62 bits per heavy atom. The number of rotatable bonds is 4. The Hall–Kier alpha value is -0.570. The third kappa shape index (κ3) is 3.80. The van der Waals surface area contributed by atoms with Crippen molar-refractivity contribution in [2.75, 3.05) is 11.9 Å². The number of aromatic nitrogens is 3. The maximum Gasteiger partial charge on any atom is 0.264 e. The van der Waals surface area contributed by atoms with Crippen LogP contribution in [0.2, 0.25) is 25.1 Å². The molecule has 0 saturated heterocycles. The molecule has 1 aromatic heterocycles. The Morgan fingerprint density at radius 3 is 2.14 bits per heavy atom. The van der Waals surface area contributed by atoms with Crippen LogP contribution in [0.1, 0.15) is 0 Å². The van der Waals surface area contributed by atoms with E-state index >= 15 is 0 Å². The number of carbonyl (C=O) groups is 1. The lowest BCUT2D eigenvalue weighted by atomic mass is 10.3. The zero-order valence-electron chi connectivity index (χ0n) is 9.66. The summed E-state index contributed by atoms with van der Waals surface area (Å²) >= 11 is 30.4. The van der Waals surface area contributed by atoms with Gasteiger partial charge in [-0.15, -0.1) is 0 Å². The van der Waals surface area contributed by atoms with Crippen molar-refractivity contribution in [1.29, 1.82) is 0 Å². The topological polar surface area (TPSA) is 77.0 Å². The molecule has 1 N–H and O–H groups in total. The van der Waals surface area contributed by atoms with Crippen molar-refractivity contribution in [1.82, 2.24) is 14.8 Å². The van der Waals surface area contributed by atoms with Crippen LogP contribution >= 0.6 is 69.5 Å². The highest BCUT2D eigenvalue weighted by Crippen LogP contribution is 2.48. The molecule has 112 valence electrons. The highest BCUT2D eigenvalue weighted by atomic mass is 35.5. The zero-order chi connectivity index (χ0) is 15.6. The average Bonchev–Trinajstić information content (AvgIpc) is 2.96. The summed E-state index contributed by atoms with van der Waals surface area (Å²) < 4.78 is 8.72. The molecule has 0 radical (unpaired) electrons. The van der Waals surface area contributed by atoms with Crippen LogP contribution in [0.3, 0.4) is 0 Å². The summed E-state index contributed by atoms with van der Waals surface area (Å²) in [5.41, 5.74) is 0. The molecule has 0 aliphatic carbocycles. The monoisotopic (exact) mass is 406 g/mol. The molecule has 6 nitrogen and oxygen atoms in total. The van der Waals surface area contributed by atoms with Gasteiger partial charge in [-0.25, -0.2) is 0 Å². The zero-order valence-corrected chi connectivity index (χ0v) is 14.3. The van der Waals surface area contributed by atoms with Gasteiger partial charge in [0.1, 0.15) is 10.0 Å². The van der Waals surface area contributed by atoms with Crippen LogP contribution in [-0.4, -0.2) is 27.3 Å². The lowest BCUT2D eigenvalue weighted by Crippen LogP contribution is -2.20. The number of amides is 1. The molecule has 0 bridgehead atoms. The first kappa shape index (κ1) is 16.8.